The van der Waals surface area contributed by atoms with Crippen molar-refractivity contribution in [3.05, 3.63) is 0 Å². The number of ether oxygens (including phenoxy) is 2. The average Bonchev–Trinajstić information content (AvgIpc) is 2.78. The molecule has 0 amide bonds. The first-order valence-corrected chi connectivity index (χ1v) is 13.9. The zero-order valence-electron chi connectivity index (χ0n) is 21.9. The third kappa shape index (κ3) is 17.5. The van der Waals surface area contributed by atoms with E-state index in [0.717, 1.165) is 32.1 Å². The lowest BCUT2D eigenvalue weighted by molar-refractivity contribution is -0.150. The van der Waals surface area contributed by atoms with Gasteiger partial charge in [-0.3, -0.25) is 9.59 Å². The smallest absolute Gasteiger partial charge is 0.309 e. The van der Waals surface area contributed by atoms with Gasteiger partial charge in [-0.15, -0.1) is 0 Å². The van der Waals surface area contributed by atoms with Gasteiger partial charge in [0.1, 0.15) is 0 Å². The van der Waals surface area contributed by atoms with Gasteiger partial charge in [-0.2, -0.15) is 0 Å². The summed E-state index contributed by atoms with van der Waals surface area (Å²) in [5.41, 5.74) is 0. The van der Waals surface area contributed by atoms with E-state index in [-0.39, 0.29) is 17.9 Å². The number of unbranched alkanes of at least 4 members (excludes halogenated alkanes) is 13. The average molecular weight is 455 g/mol. The van der Waals surface area contributed by atoms with Crippen LogP contribution < -0.4 is 0 Å². The van der Waals surface area contributed by atoms with Crippen LogP contribution in [0, 0.1) is 11.8 Å². The minimum Gasteiger partial charge on any atom is -0.466 e. The number of carbonyl (C=O) groups excluding carboxylic acids is 2. The molecule has 0 fully saturated rings. The van der Waals surface area contributed by atoms with E-state index < -0.39 is 0 Å². The van der Waals surface area contributed by atoms with E-state index in [2.05, 4.69) is 13.8 Å². The summed E-state index contributed by atoms with van der Waals surface area (Å²) in [6, 6.07) is 0. The highest BCUT2D eigenvalue weighted by Gasteiger charge is 2.26. The highest BCUT2D eigenvalue weighted by molar-refractivity contribution is 5.72. The SMILES string of the molecule is CCOC(=O)CCCCCCCCCCCCCCCCC(CC)C(CC)C(=O)OCC. The van der Waals surface area contributed by atoms with Crippen LogP contribution in [0.15, 0.2) is 0 Å². The molecule has 0 heterocycles. The number of hydrogen-bond acceptors (Lipinski definition) is 4. The molecule has 0 radical (unpaired) electrons. The van der Waals surface area contributed by atoms with Crippen molar-refractivity contribution in [3.63, 3.8) is 0 Å². The summed E-state index contributed by atoms with van der Waals surface area (Å²) in [4.78, 5) is 23.4. The number of hydrogen-bond donors (Lipinski definition) is 0. The van der Waals surface area contributed by atoms with Crippen molar-refractivity contribution < 1.29 is 19.1 Å². The van der Waals surface area contributed by atoms with E-state index in [1.54, 1.807) is 0 Å². The third-order valence-corrected chi connectivity index (χ3v) is 6.63. The summed E-state index contributed by atoms with van der Waals surface area (Å²) >= 11 is 0. The van der Waals surface area contributed by atoms with Crippen molar-refractivity contribution in [2.75, 3.05) is 13.2 Å². The Hall–Kier alpha value is -1.06. The van der Waals surface area contributed by atoms with Crippen LogP contribution in [0.2, 0.25) is 0 Å². The maximum absolute atomic E-state index is 12.1. The molecular formula is C28H54O4. The van der Waals surface area contributed by atoms with Crippen LogP contribution in [0.1, 0.15) is 143 Å². The zero-order chi connectivity index (χ0) is 23.9. The standard InChI is InChI=1S/C28H54O4/c1-5-25(26(6-2)28(30)32-8-4)23-21-19-17-15-13-11-9-10-12-14-16-18-20-22-24-27(29)31-7-3/h25-26H,5-24H2,1-4H3. The number of esters is 2. The molecule has 0 bridgehead atoms. The maximum Gasteiger partial charge on any atom is 0.309 e. The molecule has 32 heavy (non-hydrogen) atoms. The van der Waals surface area contributed by atoms with Gasteiger partial charge in [0.05, 0.1) is 19.1 Å². The molecule has 4 nitrogen and oxygen atoms in total. The fraction of sp³-hybridized carbons (Fsp3) is 0.929. The molecule has 2 atom stereocenters. The van der Waals surface area contributed by atoms with E-state index in [4.69, 9.17) is 9.47 Å². The first-order valence-electron chi connectivity index (χ1n) is 13.9. The summed E-state index contributed by atoms with van der Waals surface area (Å²) in [7, 11) is 0. The van der Waals surface area contributed by atoms with Gasteiger partial charge in [0, 0.05) is 6.42 Å². The number of carbonyl (C=O) groups is 2. The van der Waals surface area contributed by atoms with E-state index in [9.17, 15) is 9.59 Å². The fourth-order valence-electron chi connectivity index (χ4n) is 4.66. The van der Waals surface area contributed by atoms with Crippen molar-refractivity contribution in [1.82, 2.24) is 0 Å². The van der Waals surface area contributed by atoms with Crippen LogP contribution in [0.3, 0.4) is 0 Å². The van der Waals surface area contributed by atoms with Gasteiger partial charge in [-0.1, -0.05) is 104 Å². The Morgan fingerprint density at radius 2 is 1.00 bits per heavy atom. The highest BCUT2D eigenvalue weighted by atomic mass is 16.5. The molecule has 190 valence electrons. The normalized spacial score (nSPS) is 13.0. The molecule has 0 saturated heterocycles. The molecule has 0 aliphatic rings. The van der Waals surface area contributed by atoms with Gasteiger partial charge in [0.15, 0.2) is 0 Å². The molecule has 0 aromatic rings. The molecule has 2 unspecified atom stereocenters. The first kappa shape index (κ1) is 30.9. The van der Waals surface area contributed by atoms with Crippen molar-refractivity contribution in [1.29, 1.82) is 0 Å². The monoisotopic (exact) mass is 454 g/mol. The zero-order valence-corrected chi connectivity index (χ0v) is 21.9. The Kier molecular flexibility index (Phi) is 22.3. The van der Waals surface area contributed by atoms with Crippen molar-refractivity contribution in [3.8, 4) is 0 Å². The highest BCUT2D eigenvalue weighted by Crippen LogP contribution is 2.27. The van der Waals surface area contributed by atoms with Crippen LogP contribution >= 0.6 is 0 Å². The lowest BCUT2D eigenvalue weighted by Gasteiger charge is -2.23. The fourth-order valence-corrected chi connectivity index (χ4v) is 4.66. The Labute approximate surface area is 199 Å². The molecule has 0 rings (SSSR count). The van der Waals surface area contributed by atoms with Gasteiger partial charge < -0.3 is 9.47 Å². The maximum atomic E-state index is 12.1. The van der Waals surface area contributed by atoms with Gasteiger partial charge in [0.25, 0.3) is 0 Å². The Bertz CT molecular complexity index is 435. The number of rotatable bonds is 23. The van der Waals surface area contributed by atoms with Gasteiger partial charge in [-0.05, 0) is 39.0 Å². The molecule has 4 heteroatoms. The van der Waals surface area contributed by atoms with Crippen molar-refractivity contribution in [2.45, 2.75) is 143 Å². The minimum absolute atomic E-state index is 0.0100. The first-order chi connectivity index (χ1) is 15.6. The van der Waals surface area contributed by atoms with Gasteiger partial charge >= 0.3 is 11.9 Å². The van der Waals surface area contributed by atoms with E-state index in [1.807, 2.05) is 13.8 Å². The lowest BCUT2D eigenvalue weighted by atomic mass is 9.84. The third-order valence-electron chi connectivity index (χ3n) is 6.63. The molecule has 0 aliphatic heterocycles. The van der Waals surface area contributed by atoms with E-state index in [1.165, 1.54) is 77.0 Å². The predicted molar refractivity (Wildman–Crippen MR) is 135 cm³/mol. The quantitative estimate of drug-likeness (QED) is 0.115. The van der Waals surface area contributed by atoms with Crippen LogP contribution in [0.4, 0.5) is 0 Å². The van der Waals surface area contributed by atoms with Gasteiger partial charge in [-0.25, -0.2) is 0 Å². The summed E-state index contributed by atoms with van der Waals surface area (Å²) in [6.45, 7) is 9.06. The molecule has 0 saturated carbocycles. The molecule has 0 aromatic carbocycles. The molecule has 0 aliphatic carbocycles. The van der Waals surface area contributed by atoms with Crippen LogP contribution in [-0.2, 0) is 19.1 Å². The second-order valence-electron chi connectivity index (χ2n) is 9.23. The van der Waals surface area contributed by atoms with Crippen LogP contribution in [0.25, 0.3) is 0 Å². The summed E-state index contributed by atoms with van der Waals surface area (Å²) in [5, 5.41) is 0. The van der Waals surface area contributed by atoms with Crippen molar-refractivity contribution >= 4 is 11.9 Å². The Morgan fingerprint density at radius 3 is 1.41 bits per heavy atom. The summed E-state index contributed by atoms with van der Waals surface area (Å²) < 4.78 is 10.2. The van der Waals surface area contributed by atoms with Crippen LogP contribution in [0.5, 0.6) is 0 Å². The second kappa shape index (κ2) is 23.1. The van der Waals surface area contributed by atoms with Gasteiger partial charge in [0.2, 0.25) is 0 Å². The van der Waals surface area contributed by atoms with Crippen molar-refractivity contribution in [2.24, 2.45) is 11.8 Å². The molecule has 0 N–H and O–H groups in total. The van der Waals surface area contributed by atoms with Crippen LogP contribution in [-0.4, -0.2) is 25.2 Å². The Balaban J connectivity index is 3.46. The predicted octanol–water partition coefficient (Wildman–Crippen LogP) is 8.41. The molecule has 0 aromatic heterocycles. The second-order valence-corrected chi connectivity index (χ2v) is 9.23. The van der Waals surface area contributed by atoms with E-state index in [0.29, 0.717) is 25.6 Å². The minimum atomic E-state index is -0.0446. The topological polar surface area (TPSA) is 52.6 Å². The van der Waals surface area contributed by atoms with E-state index >= 15 is 0 Å². The lowest BCUT2D eigenvalue weighted by Crippen LogP contribution is -2.25. The summed E-state index contributed by atoms with van der Waals surface area (Å²) in [6.07, 6.45) is 21.8. The summed E-state index contributed by atoms with van der Waals surface area (Å²) in [5.74, 6) is 0.536. The molecule has 0 spiro atoms. The largest absolute Gasteiger partial charge is 0.466 e. The Morgan fingerprint density at radius 1 is 0.562 bits per heavy atom. The molecular weight excluding hydrogens is 400 g/mol.